The average molecular weight is 453 g/mol. The van der Waals surface area contributed by atoms with Crippen LogP contribution in [0.2, 0.25) is 5.02 Å². The number of carbonyl (C=O) groups is 1. The molecule has 6 nitrogen and oxygen atoms in total. The number of hydrazone groups is 1. The molecule has 0 bridgehead atoms. The maximum absolute atomic E-state index is 11.9. The molecule has 0 spiro atoms. The Labute approximate surface area is 192 Å². The van der Waals surface area contributed by atoms with Gasteiger partial charge in [0.15, 0.2) is 18.1 Å². The number of aryl methyl sites for hydroxylation is 1. The molecular formula is C25H25ClN2O4. The van der Waals surface area contributed by atoms with Crippen molar-refractivity contribution >= 4 is 23.7 Å². The lowest BCUT2D eigenvalue weighted by Crippen LogP contribution is -2.24. The maximum atomic E-state index is 11.9. The van der Waals surface area contributed by atoms with Gasteiger partial charge in [0.1, 0.15) is 12.4 Å². The van der Waals surface area contributed by atoms with Crippen LogP contribution in [0, 0.1) is 6.92 Å². The van der Waals surface area contributed by atoms with E-state index in [1.54, 1.807) is 24.3 Å². The molecule has 0 saturated carbocycles. The van der Waals surface area contributed by atoms with Gasteiger partial charge in [0.05, 0.1) is 17.8 Å². The highest BCUT2D eigenvalue weighted by molar-refractivity contribution is 6.32. The molecule has 0 aliphatic carbocycles. The fourth-order valence-corrected chi connectivity index (χ4v) is 3.06. The van der Waals surface area contributed by atoms with Gasteiger partial charge in [0, 0.05) is 0 Å². The molecule has 3 aromatic rings. The van der Waals surface area contributed by atoms with Crippen LogP contribution in [-0.2, 0) is 11.4 Å². The number of halogens is 1. The third-order valence-electron chi connectivity index (χ3n) is 4.34. The molecule has 3 rings (SSSR count). The number of benzene rings is 3. The van der Waals surface area contributed by atoms with E-state index in [4.69, 9.17) is 25.8 Å². The number of hydrogen-bond acceptors (Lipinski definition) is 5. The number of para-hydroxylation sites is 1. The van der Waals surface area contributed by atoms with Gasteiger partial charge >= 0.3 is 0 Å². The van der Waals surface area contributed by atoms with E-state index in [1.807, 2.05) is 50.2 Å². The average Bonchev–Trinajstić information content (AvgIpc) is 2.78. The molecule has 32 heavy (non-hydrogen) atoms. The SMILES string of the molecule is CCOc1cc(/C=N\NC(=O)COc2ccccc2Cl)ccc1OCc1cccc(C)c1. The number of nitrogens with one attached hydrogen (secondary N) is 1. The Morgan fingerprint density at radius 2 is 1.81 bits per heavy atom. The molecule has 0 aliphatic heterocycles. The van der Waals surface area contributed by atoms with Crippen LogP contribution < -0.4 is 19.6 Å². The van der Waals surface area contributed by atoms with E-state index < -0.39 is 5.91 Å². The minimum absolute atomic E-state index is 0.197. The second kappa shape index (κ2) is 11.8. The van der Waals surface area contributed by atoms with Gasteiger partial charge in [-0.2, -0.15) is 5.10 Å². The predicted molar refractivity (Wildman–Crippen MR) is 126 cm³/mol. The standard InChI is InChI=1S/C25H25ClN2O4/c1-3-30-24-14-19(11-12-23(24)31-16-20-8-6-7-18(2)13-20)15-27-28-25(29)17-32-22-10-5-4-9-21(22)26/h4-15H,3,16-17H2,1-2H3,(H,28,29)/b27-15-. The number of hydrogen-bond donors (Lipinski definition) is 1. The molecule has 0 atom stereocenters. The van der Waals surface area contributed by atoms with Crippen molar-refractivity contribution in [3.63, 3.8) is 0 Å². The van der Waals surface area contributed by atoms with Crippen LogP contribution in [0.5, 0.6) is 17.2 Å². The first-order valence-electron chi connectivity index (χ1n) is 10.2. The van der Waals surface area contributed by atoms with Crippen LogP contribution >= 0.6 is 11.6 Å². The van der Waals surface area contributed by atoms with Crippen LogP contribution in [0.4, 0.5) is 0 Å². The zero-order valence-corrected chi connectivity index (χ0v) is 18.8. The zero-order chi connectivity index (χ0) is 22.8. The smallest absolute Gasteiger partial charge is 0.277 e. The Bertz CT molecular complexity index is 1090. The Morgan fingerprint density at radius 3 is 2.59 bits per heavy atom. The first-order valence-corrected chi connectivity index (χ1v) is 10.6. The number of nitrogens with zero attached hydrogens (tertiary/aromatic N) is 1. The molecule has 0 aliphatic rings. The van der Waals surface area contributed by atoms with E-state index >= 15 is 0 Å². The quantitative estimate of drug-likeness (QED) is 0.341. The van der Waals surface area contributed by atoms with Crippen LogP contribution in [0.3, 0.4) is 0 Å². The first-order chi connectivity index (χ1) is 15.5. The summed E-state index contributed by atoms with van der Waals surface area (Å²) in [4.78, 5) is 11.9. The van der Waals surface area contributed by atoms with Crippen LogP contribution in [-0.4, -0.2) is 25.3 Å². The molecule has 0 aromatic heterocycles. The second-order valence-electron chi connectivity index (χ2n) is 6.93. The molecule has 0 fully saturated rings. The number of carbonyl (C=O) groups excluding carboxylic acids is 1. The van der Waals surface area contributed by atoms with Gasteiger partial charge < -0.3 is 14.2 Å². The summed E-state index contributed by atoms with van der Waals surface area (Å²) in [6, 6.07) is 20.6. The molecule has 0 saturated heterocycles. The van der Waals surface area contributed by atoms with E-state index in [1.165, 1.54) is 11.8 Å². The summed E-state index contributed by atoms with van der Waals surface area (Å²) in [5.41, 5.74) is 5.45. The highest BCUT2D eigenvalue weighted by atomic mass is 35.5. The van der Waals surface area contributed by atoms with Crippen molar-refractivity contribution in [1.82, 2.24) is 5.43 Å². The van der Waals surface area contributed by atoms with E-state index in [0.29, 0.717) is 35.5 Å². The van der Waals surface area contributed by atoms with E-state index in [-0.39, 0.29) is 6.61 Å². The molecular weight excluding hydrogens is 428 g/mol. The van der Waals surface area contributed by atoms with Crippen molar-refractivity contribution < 1.29 is 19.0 Å². The molecule has 7 heteroatoms. The van der Waals surface area contributed by atoms with Crippen LogP contribution in [0.15, 0.2) is 71.8 Å². The van der Waals surface area contributed by atoms with E-state index in [9.17, 15) is 4.79 Å². The molecule has 3 aromatic carbocycles. The van der Waals surface area contributed by atoms with Gasteiger partial charge in [-0.05, 0) is 55.3 Å². The summed E-state index contributed by atoms with van der Waals surface area (Å²) in [6.07, 6.45) is 1.53. The van der Waals surface area contributed by atoms with Crippen molar-refractivity contribution in [2.75, 3.05) is 13.2 Å². The molecule has 0 unspecified atom stereocenters. The van der Waals surface area contributed by atoms with Gasteiger partial charge in [-0.15, -0.1) is 0 Å². The summed E-state index contributed by atoms with van der Waals surface area (Å²) in [5.74, 6) is 1.29. The van der Waals surface area contributed by atoms with Gasteiger partial charge in [-0.1, -0.05) is 53.6 Å². The van der Waals surface area contributed by atoms with E-state index in [0.717, 1.165) is 11.1 Å². The number of ether oxygens (including phenoxy) is 3. The van der Waals surface area contributed by atoms with Crippen molar-refractivity contribution in [3.05, 3.63) is 88.4 Å². The fourth-order valence-electron chi connectivity index (χ4n) is 2.87. The number of amides is 1. The third kappa shape index (κ3) is 7.03. The summed E-state index contributed by atoms with van der Waals surface area (Å²) >= 11 is 6.00. The third-order valence-corrected chi connectivity index (χ3v) is 4.65. The second-order valence-corrected chi connectivity index (χ2v) is 7.34. The largest absolute Gasteiger partial charge is 0.490 e. The first kappa shape index (κ1) is 23.2. The molecule has 0 heterocycles. The lowest BCUT2D eigenvalue weighted by molar-refractivity contribution is -0.123. The van der Waals surface area contributed by atoms with Gasteiger partial charge in [0.25, 0.3) is 5.91 Å². The van der Waals surface area contributed by atoms with Gasteiger partial charge in [-0.3, -0.25) is 4.79 Å². The topological polar surface area (TPSA) is 69.2 Å². The zero-order valence-electron chi connectivity index (χ0n) is 18.0. The molecule has 166 valence electrons. The molecule has 1 amide bonds. The Hall–Kier alpha value is -3.51. The van der Waals surface area contributed by atoms with Gasteiger partial charge in [-0.25, -0.2) is 5.43 Å². The van der Waals surface area contributed by atoms with Crippen molar-refractivity contribution in [2.45, 2.75) is 20.5 Å². The van der Waals surface area contributed by atoms with E-state index in [2.05, 4.69) is 16.6 Å². The summed E-state index contributed by atoms with van der Waals surface area (Å²) in [6.45, 7) is 4.69. The normalized spacial score (nSPS) is 10.7. The number of rotatable bonds is 10. The minimum atomic E-state index is -0.399. The van der Waals surface area contributed by atoms with Crippen molar-refractivity contribution in [3.8, 4) is 17.2 Å². The lowest BCUT2D eigenvalue weighted by atomic mass is 10.1. The van der Waals surface area contributed by atoms with Crippen LogP contribution in [0.25, 0.3) is 0 Å². The highest BCUT2D eigenvalue weighted by Gasteiger charge is 2.08. The Morgan fingerprint density at radius 1 is 0.969 bits per heavy atom. The summed E-state index contributed by atoms with van der Waals surface area (Å²) in [7, 11) is 0. The molecule has 1 N–H and O–H groups in total. The summed E-state index contributed by atoms with van der Waals surface area (Å²) in [5, 5.41) is 4.42. The Kier molecular flexibility index (Phi) is 8.52. The van der Waals surface area contributed by atoms with Gasteiger partial charge in [0.2, 0.25) is 0 Å². The molecule has 0 radical (unpaired) electrons. The summed E-state index contributed by atoms with van der Waals surface area (Å²) < 4.78 is 17.0. The lowest BCUT2D eigenvalue weighted by Gasteiger charge is -2.13. The van der Waals surface area contributed by atoms with Crippen molar-refractivity contribution in [2.24, 2.45) is 5.10 Å². The maximum Gasteiger partial charge on any atom is 0.277 e. The highest BCUT2D eigenvalue weighted by Crippen LogP contribution is 2.29. The van der Waals surface area contributed by atoms with Crippen LogP contribution in [0.1, 0.15) is 23.6 Å². The predicted octanol–water partition coefficient (Wildman–Crippen LogP) is 5.16. The Balaban J connectivity index is 1.56. The van der Waals surface area contributed by atoms with Crippen molar-refractivity contribution in [1.29, 1.82) is 0 Å². The monoisotopic (exact) mass is 452 g/mol. The minimum Gasteiger partial charge on any atom is -0.490 e. The fraction of sp³-hybridized carbons (Fsp3) is 0.200.